The van der Waals surface area contributed by atoms with E-state index in [2.05, 4.69) is 4.90 Å². The molecule has 3 N–H and O–H groups in total. The Morgan fingerprint density at radius 2 is 1.50 bits per heavy atom. The number of nitrogen functional groups attached to an aromatic ring is 1. The van der Waals surface area contributed by atoms with Crippen molar-refractivity contribution in [1.29, 1.82) is 0 Å². The lowest BCUT2D eigenvalue weighted by atomic mass is 10.2. The molecule has 0 fully saturated rings. The number of carbonyl (C=O) groups is 1. The van der Waals surface area contributed by atoms with Gasteiger partial charge in [-0.05, 0) is 24.3 Å². The van der Waals surface area contributed by atoms with Crippen LogP contribution in [0.5, 0.6) is 11.5 Å². The second kappa shape index (κ2) is 15.5. The van der Waals surface area contributed by atoms with E-state index >= 15 is 0 Å². The van der Waals surface area contributed by atoms with Crippen LogP contribution in [0.25, 0.3) is 0 Å². The van der Waals surface area contributed by atoms with Gasteiger partial charge in [0.15, 0.2) is 0 Å². The van der Waals surface area contributed by atoms with Gasteiger partial charge in [0.05, 0.1) is 0 Å². The number of anilines is 1. The van der Waals surface area contributed by atoms with Crippen molar-refractivity contribution in [2.45, 2.75) is 0 Å². The minimum Gasteiger partial charge on any atom is -0.507 e. The Labute approximate surface area is 186 Å². The van der Waals surface area contributed by atoms with E-state index in [9.17, 15) is 9.90 Å². The zero-order valence-corrected chi connectivity index (χ0v) is 18.3. The molecule has 28 heavy (non-hydrogen) atoms. The SMILES string of the molecule is Cl.ClCCN(CCCl)CCCl.Nc1ccc(C(=O)Oc2ccccc2)c(O)c1. The van der Waals surface area contributed by atoms with Gasteiger partial charge in [-0.2, -0.15) is 0 Å². The summed E-state index contributed by atoms with van der Waals surface area (Å²) in [6.07, 6.45) is 0. The van der Waals surface area contributed by atoms with Crippen LogP contribution < -0.4 is 10.5 Å². The van der Waals surface area contributed by atoms with Crippen LogP contribution in [-0.4, -0.2) is 53.3 Å². The molecule has 0 aliphatic rings. The maximum atomic E-state index is 11.7. The molecule has 5 nitrogen and oxygen atoms in total. The van der Waals surface area contributed by atoms with E-state index < -0.39 is 5.97 Å². The number of alkyl halides is 3. The van der Waals surface area contributed by atoms with Crippen molar-refractivity contribution in [2.24, 2.45) is 0 Å². The van der Waals surface area contributed by atoms with Crippen LogP contribution in [0.1, 0.15) is 10.4 Å². The summed E-state index contributed by atoms with van der Waals surface area (Å²) >= 11 is 16.6. The summed E-state index contributed by atoms with van der Waals surface area (Å²) in [7, 11) is 0. The van der Waals surface area contributed by atoms with Gasteiger partial charge < -0.3 is 15.6 Å². The highest BCUT2D eigenvalue weighted by Gasteiger charge is 2.13. The first-order chi connectivity index (χ1) is 13.0. The molecule has 156 valence electrons. The van der Waals surface area contributed by atoms with Crippen molar-refractivity contribution in [3.05, 3.63) is 54.1 Å². The normalized spacial score (nSPS) is 9.86. The number of esters is 1. The van der Waals surface area contributed by atoms with E-state index in [4.69, 9.17) is 45.3 Å². The Kier molecular flexibility index (Phi) is 14.8. The van der Waals surface area contributed by atoms with Gasteiger partial charge >= 0.3 is 5.97 Å². The van der Waals surface area contributed by atoms with E-state index in [-0.39, 0.29) is 23.7 Å². The minimum absolute atomic E-state index is 0. The van der Waals surface area contributed by atoms with E-state index in [0.29, 0.717) is 29.1 Å². The van der Waals surface area contributed by atoms with Gasteiger partial charge in [0.1, 0.15) is 17.1 Å². The predicted octanol–water partition coefficient (Wildman–Crippen LogP) is 4.62. The average Bonchev–Trinajstić information content (AvgIpc) is 2.63. The third-order valence-corrected chi connectivity index (χ3v) is 3.90. The number of phenolic OH excluding ortho intramolecular Hbond substituents is 1. The highest BCUT2D eigenvalue weighted by Crippen LogP contribution is 2.22. The number of hydrogen-bond donors (Lipinski definition) is 2. The first kappa shape index (κ1) is 26.6. The predicted molar refractivity (Wildman–Crippen MR) is 120 cm³/mol. The lowest BCUT2D eigenvalue weighted by Crippen LogP contribution is -2.29. The van der Waals surface area contributed by atoms with Gasteiger partial charge in [-0.25, -0.2) is 4.79 Å². The number of benzene rings is 2. The Morgan fingerprint density at radius 3 is 1.96 bits per heavy atom. The molecule has 0 bridgehead atoms. The molecular formula is C19H24Cl4N2O3. The molecule has 0 saturated carbocycles. The average molecular weight is 470 g/mol. The molecule has 0 aliphatic carbocycles. The van der Waals surface area contributed by atoms with Crippen molar-refractivity contribution in [3.8, 4) is 11.5 Å². The fourth-order valence-electron chi connectivity index (χ4n) is 2.07. The van der Waals surface area contributed by atoms with E-state index in [0.717, 1.165) is 19.6 Å². The van der Waals surface area contributed by atoms with Gasteiger partial charge in [-0.15, -0.1) is 47.2 Å². The maximum Gasteiger partial charge on any atom is 0.347 e. The molecule has 0 aliphatic heterocycles. The minimum atomic E-state index is -0.617. The van der Waals surface area contributed by atoms with Crippen molar-refractivity contribution >= 4 is 58.9 Å². The monoisotopic (exact) mass is 468 g/mol. The molecule has 0 spiro atoms. The van der Waals surface area contributed by atoms with Crippen LogP contribution >= 0.6 is 47.2 Å². The summed E-state index contributed by atoms with van der Waals surface area (Å²) in [5.41, 5.74) is 5.94. The summed E-state index contributed by atoms with van der Waals surface area (Å²) in [5, 5.41) is 9.56. The molecule has 0 saturated heterocycles. The molecule has 0 heterocycles. The smallest absolute Gasteiger partial charge is 0.347 e. The maximum absolute atomic E-state index is 11.7. The highest BCUT2D eigenvalue weighted by molar-refractivity contribution is 6.18. The second-order valence-corrected chi connectivity index (χ2v) is 6.52. The molecule has 0 unspecified atom stereocenters. The first-order valence-corrected chi connectivity index (χ1v) is 9.88. The number of hydrogen-bond acceptors (Lipinski definition) is 5. The van der Waals surface area contributed by atoms with Gasteiger partial charge in [-0.3, -0.25) is 4.90 Å². The van der Waals surface area contributed by atoms with Crippen molar-refractivity contribution in [2.75, 3.05) is 43.0 Å². The summed E-state index contributed by atoms with van der Waals surface area (Å²) in [6.45, 7) is 2.63. The van der Waals surface area contributed by atoms with Crippen LogP contribution in [0, 0.1) is 0 Å². The van der Waals surface area contributed by atoms with Crippen LogP contribution in [0.15, 0.2) is 48.5 Å². The van der Waals surface area contributed by atoms with E-state index in [1.54, 1.807) is 24.3 Å². The molecule has 0 atom stereocenters. The molecule has 2 aromatic carbocycles. The molecule has 2 rings (SSSR count). The zero-order valence-electron chi connectivity index (χ0n) is 15.2. The van der Waals surface area contributed by atoms with Crippen molar-refractivity contribution < 1.29 is 14.6 Å². The number of rotatable bonds is 8. The third kappa shape index (κ3) is 10.2. The number of aromatic hydroxyl groups is 1. The lowest BCUT2D eigenvalue weighted by Gasteiger charge is -2.17. The van der Waals surface area contributed by atoms with Crippen molar-refractivity contribution in [3.63, 3.8) is 0 Å². The quantitative estimate of drug-likeness (QED) is 0.255. The highest BCUT2D eigenvalue weighted by atomic mass is 35.5. The summed E-state index contributed by atoms with van der Waals surface area (Å²) in [4.78, 5) is 13.9. The fourth-order valence-corrected chi connectivity index (χ4v) is 2.78. The van der Waals surface area contributed by atoms with Gasteiger partial charge in [0.25, 0.3) is 0 Å². The Hall–Kier alpha value is -1.37. The molecule has 0 radical (unpaired) electrons. The largest absolute Gasteiger partial charge is 0.507 e. The van der Waals surface area contributed by atoms with Gasteiger partial charge in [0, 0.05) is 49.0 Å². The molecule has 9 heteroatoms. The number of ether oxygens (including phenoxy) is 1. The number of phenols is 1. The lowest BCUT2D eigenvalue weighted by molar-refractivity contribution is 0.0731. The van der Waals surface area contributed by atoms with Crippen LogP contribution in [0.4, 0.5) is 5.69 Å². The van der Waals surface area contributed by atoms with E-state index in [1.807, 2.05) is 6.07 Å². The Bertz CT molecular complexity index is 676. The van der Waals surface area contributed by atoms with E-state index in [1.165, 1.54) is 18.2 Å². The number of para-hydroxylation sites is 1. The molecular weight excluding hydrogens is 446 g/mol. The standard InChI is InChI=1S/C13H11NO3.C6H12Cl3N.ClH/c14-9-6-7-11(12(15)8-9)13(16)17-10-4-2-1-3-5-10;7-1-4-10(5-2-8)6-3-9;/h1-8,15H,14H2;1-6H2;1H. The zero-order chi connectivity index (χ0) is 20.1. The van der Waals surface area contributed by atoms with Crippen LogP contribution in [-0.2, 0) is 0 Å². The Morgan fingerprint density at radius 1 is 0.964 bits per heavy atom. The summed E-state index contributed by atoms with van der Waals surface area (Å²) < 4.78 is 5.08. The summed E-state index contributed by atoms with van der Waals surface area (Å²) in [6, 6.07) is 12.9. The van der Waals surface area contributed by atoms with Gasteiger partial charge in [-0.1, -0.05) is 18.2 Å². The number of carbonyl (C=O) groups excluding carboxylic acids is 1. The fraction of sp³-hybridized carbons (Fsp3) is 0.316. The van der Waals surface area contributed by atoms with Crippen LogP contribution in [0.2, 0.25) is 0 Å². The first-order valence-electron chi connectivity index (χ1n) is 8.27. The molecule has 0 aromatic heterocycles. The summed E-state index contributed by atoms with van der Waals surface area (Å²) in [5.74, 6) is 1.56. The Balaban J connectivity index is 0.000000577. The molecule has 0 amide bonds. The molecule has 2 aromatic rings. The topological polar surface area (TPSA) is 75.8 Å². The van der Waals surface area contributed by atoms with Gasteiger partial charge in [0.2, 0.25) is 0 Å². The second-order valence-electron chi connectivity index (χ2n) is 5.39. The number of nitrogens with two attached hydrogens (primary N) is 1. The van der Waals surface area contributed by atoms with Crippen LogP contribution in [0.3, 0.4) is 0 Å². The third-order valence-electron chi connectivity index (χ3n) is 3.40. The van der Waals surface area contributed by atoms with Crippen molar-refractivity contribution in [1.82, 2.24) is 4.90 Å². The number of halogens is 4. The number of nitrogens with zero attached hydrogens (tertiary/aromatic N) is 1.